The highest BCUT2D eigenvalue weighted by atomic mass is 16.5. The van der Waals surface area contributed by atoms with Gasteiger partial charge in [0.25, 0.3) is 0 Å². The van der Waals surface area contributed by atoms with Crippen molar-refractivity contribution < 1.29 is 4.74 Å². The first-order chi connectivity index (χ1) is 8.63. The molecule has 1 aromatic heterocycles. The molecule has 2 rings (SSSR count). The largest absolute Gasteiger partial charge is 0.481 e. The van der Waals surface area contributed by atoms with Gasteiger partial charge >= 0.3 is 0 Å². The maximum absolute atomic E-state index is 5.42. The summed E-state index contributed by atoms with van der Waals surface area (Å²) in [5.41, 5.74) is 2.25. The van der Waals surface area contributed by atoms with Crippen LogP contribution in [0.1, 0.15) is 43.9 Å². The average molecular weight is 251 g/mol. The third kappa shape index (κ3) is 2.69. The van der Waals surface area contributed by atoms with Gasteiger partial charge in [0.15, 0.2) is 0 Å². The van der Waals surface area contributed by atoms with Gasteiger partial charge in [-0.05, 0) is 25.7 Å². The molecule has 1 aliphatic carbocycles. The highest BCUT2D eigenvalue weighted by molar-refractivity contribution is 5.30. The highest BCUT2D eigenvalue weighted by Gasteiger charge is 2.22. The lowest BCUT2D eigenvalue weighted by Gasteiger charge is -2.29. The van der Waals surface area contributed by atoms with E-state index in [1.54, 1.807) is 7.11 Å². The van der Waals surface area contributed by atoms with Gasteiger partial charge in [-0.15, -0.1) is 0 Å². The van der Waals surface area contributed by atoms with Gasteiger partial charge in [0, 0.05) is 19.6 Å². The number of nitrogens with one attached hydrogen (secondary N) is 1. The predicted molar refractivity (Wildman–Crippen MR) is 72.8 cm³/mol. The maximum atomic E-state index is 5.42. The summed E-state index contributed by atoms with van der Waals surface area (Å²) in [6.45, 7) is 5.26. The van der Waals surface area contributed by atoms with Crippen LogP contribution >= 0.6 is 0 Å². The van der Waals surface area contributed by atoms with Gasteiger partial charge in [-0.25, -0.2) is 4.68 Å². The Bertz CT molecular complexity index is 400. The number of methoxy groups -OCH3 is 1. The van der Waals surface area contributed by atoms with E-state index in [2.05, 4.69) is 17.3 Å². The molecule has 0 aliphatic heterocycles. The molecule has 102 valence electrons. The van der Waals surface area contributed by atoms with Gasteiger partial charge < -0.3 is 10.1 Å². The fourth-order valence-corrected chi connectivity index (χ4v) is 2.99. The van der Waals surface area contributed by atoms with Gasteiger partial charge in [0.05, 0.1) is 18.4 Å². The zero-order chi connectivity index (χ0) is 13.1. The van der Waals surface area contributed by atoms with Crippen LogP contribution in [0, 0.1) is 12.8 Å². The molecule has 1 heterocycles. The second kappa shape index (κ2) is 5.74. The fraction of sp³-hybridized carbons (Fsp3) is 0.786. The van der Waals surface area contributed by atoms with E-state index in [0.717, 1.165) is 24.0 Å². The molecule has 1 N–H and O–H groups in total. The van der Waals surface area contributed by atoms with Crippen molar-refractivity contribution in [3.05, 3.63) is 11.3 Å². The van der Waals surface area contributed by atoms with Gasteiger partial charge in [0.2, 0.25) is 5.88 Å². The fourth-order valence-electron chi connectivity index (χ4n) is 2.99. The Balaban J connectivity index is 2.01. The quantitative estimate of drug-likeness (QED) is 0.893. The van der Waals surface area contributed by atoms with Crippen molar-refractivity contribution in [1.29, 1.82) is 0 Å². The molecule has 1 aliphatic rings. The third-order valence-corrected chi connectivity index (χ3v) is 4.13. The van der Waals surface area contributed by atoms with Crippen molar-refractivity contribution in [2.24, 2.45) is 13.0 Å². The summed E-state index contributed by atoms with van der Waals surface area (Å²) in [4.78, 5) is 0. The number of hydrogen-bond donors (Lipinski definition) is 1. The number of aromatic nitrogens is 2. The summed E-state index contributed by atoms with van der Waals surface area (Å²) in [5.74, 6) is 1.66. The first-order valence-electron chi connectivity index (χ1n) is 6.93. The van der Waals surface area contributed by atoms with Crippen molar-refractivity contribution >= 4 is 0 Å². The number of nitrogens with zero attached hydrogens (tertiary/aromatic N) is 2. The SMILES string of the molecule is COc1c(CN[C@@H]2CCCC[C@H]2C)c(C)nn1C. The van der Waals surface area contributed by atoms with Crippen LogP contribution in [0.2, 0.25) is 0 Å². The van der Waals surface area contributed by atoms with E-state index >= 15 is 0 Å². The van der Waals surface area contributed by atoms with Crippen LogP contribution in [0.5, 0.6) is 5.88 Å². The third-order valence-electron chi connectivity index (χ3n) is 4.13. The molecule has 1 fully saturated rings. The Morgan fingerprint density at radius 2 is 2.11 bits per heavy atom. The number of hydrogen-bond acceptors (Lipinski definition) is 3. The lowest BCUT2D eigenvalue weighted by atomic mass is 9.86. The van der Waals surface area contributed by atoms with E-state index in [1.165, 1.54) is 31.2 Å². The summed E-state index contributed by atoms with van der Waals surface area (Å²) in [5, 5.41) is 8.10. The molecule has 0 saturated heterocycles. The van der Waals surface area contributed by atoms with Crippen LogP contribution in [-0.4, -0.2) is 22.9 Å². The zero-order valence-electron chi connectivity index (χ0n) is 12.0. The molecular weight excluding hydrogens is 226 g/mol. The van der Waals surface area contributed by atoms with Crippen molar-refractivity contribution in [2.45, 2.75) is 52.1 Å². The van der Waals surface area contributed by atoms with Crippen LogP contribution < -0.4 is 10.1 Å². The summed E-state index contributed by atoms with van der Waals surface area (Å²) in [6, 6.07) is 0.642. The summed E-state index contributed by atoms with van der Waals surface area (Å²) in [7, 11) is 3.64. The van der Waals surface area contributed by atoms with Crippen molar-refractivity contribution in [1.82, 2.24) is 15.1 Å². The Hall–Kier alpha value is -1.03. The van der Waals surface area contributed by atoms with Crippen LogP contribution in [-0.2, 0) is 13.6 Å². The summed E-state index contributed by atoms with van der Waals surface area (Å²) in [6.07, 6.45) is 5.38. The first kappa shape index (κ1) is 13.4. The van der Waals surface area contributed by atoms with Crippen molar-refractivity contribution in [2.75, 3.05) is 7.11 Å². The maximum Gasteiger partial charge on any atom is 0.216 e. The molecule has 0 radical (unpaired) electrons. The molecule has 0 unspecified atom stereocenters. The lowest BCUT2D eigenvalue weighted by Crippen LogP contribution is -2.36. The lowest BCUT2D eigenvalue weighted by molar-refractivity contribution is 0.277. The number of aryl methyl sites for hydroxylation is 2. The van der Waals surface area contributed by atoms with Gasteiger partial charge in [0.1, 0.15) is 0 Å². The molecule has 0 spiro atoms. The predicted octanol–water partition coefficient (Wildman–Crippen LogP) is 2.41. The standard InChI is InChI=1S/C14H25N3O/c1-10-7-5-6-8-13(10)15-9-12-11(2)16-17(3)14(12)18-4/h10,13,15H,5-9H2,1-4H3/t10-,13-/m1/s1. The molecule has 1 saturated carbocycles. The topological polar surface area (TPSA) is 39.1 Å². The average Bonchev–Trinajstić information content (AvgIpc) is 2.62. The van der Waals surface area contributed by atoms with E-state index in [9.17, 15) is 0 Å². The van der Waals surface area contributed by atoms with E-state index < -0.39 is 0 Å². The molecular formula is C14H25N3O. The molecule has 4 nitrogen and oxygen atoms in total. The molecule has 1 aromatic rings. The van der Waals surface area contributed by atoms with Crippen LogP contribution in [0.4, 0.5) is 0 Å². The van der Waals surface area contributed by atoms with Gasteiger partial charge in [-0.1, -0.05) is 19.8 Å². The highest BCUT2D eigenvalue weighted by Crippen LogP contribution is 2.25. The van der Waals surface area contributed by atoms with Gasteiger partial charge in [-0.2, -0.15) is 5.10 Å². The molecule has 4 heteroatoms. The van der Waals surface area contributed by atoms with Gasteiger partial charge in [-0.3, -0.25) is 0 Å². The molecule has 0 aromatic carbocycles. The van der Waals surface area contributed by atoms with Crippen LogP contribution in [0.25, 0.3) is 0 Å². The Kier molecular flexibility index (Phi) is 4.27. The van der Waals surface area contributed by atoms with E-state index in [4.69, 9.17) is 4.74 Å². The number of rotatable bonds is 4. The Morgan fingerprint density at radius 3 is 2.78 bits per heavy atom. The van der Waals surface area contributed by atoms with Crippen molar-refractivity contribution in [3.8, 4) is 5.88 Å². The monoisotopic (exact) mass is 251 g/mol. The second-order valence-corrected chi connectivity index (χ2v) is 5.45. The normalized spacial score (nSPS) is 24.2. The molecule has 2 atom stereocenters. The summed E-state index contributed by atoms with van der Waals surface area (Å²) < 4.78 is 7.24. The summed E-state index contributed by atoms with van der Waals surface area (Å²) >= 11 is 0. The van der Waals surface area contributed by atoms with E-state index in [-0.39, 0.29) is 0 Å². The smallest absolute Gasteiger partial charge is 0.216 e. The molecule has 18 heavy (non-hydrogen) atoms. The Labute approximate surface area is 110 Å². The minimum Gasteiger partial charge on any atom is -0.481 e. The Morgan fingerprint density at radius 1 is 1.39 bits per heavy atom. The minimum absolute atomic E-state index is 0.642. The van der Waals surface area contributed by atoms with Crippen LogP contribution in [0.3, 0.4) is 0 Å². The van der Waals surface area contributed by atoms with E-state index in [0.29, 0.717) is 6.04 Å². The van der Waals surface area contributed by atoms with E-state index in [1.807, 2.05) is 18.7 Å². The zero-order valence-corrected chi connectivity index (χ0v) is 12.0. The minimum atomic E-state index is 0.642. The van der Waals surface area contributed by atoms with Crippen molar-refractivity contribution in [3.63, 3.8) is 0 Å². The number of ether oxygens (including phenoxy) is 1. The first-order valence-corrected chi connectivity index (χ1v) is 6.93. The second-order valence-electron chi connectivity index (χ2n) is 5.45. The molecule has 0 bridgehead atoms. The van der Waals surface area contributed by atoms with Crippen LogP contribution in [0.15, 0.2) is 0 Å². The molecule has 0 amide bonds.